The molecular weight excluding hydrogens is 644 g/mol. The predicted molar refractivity (Wildman–Crippen MR) is 148 cm³/mol. The topological polar surface area (TPSA) is 75.7 Å². The molecule has 1 saturated heterocycles. The minimum atomic E-state index is -4.59. The number of amides is 3. The Bertz CT molecular complexity index is 1460. The molecule has 0 saturated carbocycles. The number of ether oxygens (including phenoxy) is 1. The predicted octanol–water partition coefficient (Wildman–Crippen LogP) is 8.03. The zero-order valence-electron chi connectivity index (χ0n) is 19.5. The molecule has 202 valence electrons. The van der Waals surface area contributed by atoms with E-state index in [-0.39, 0.29) is 33.0 Å². The summed E-state index contributed by atoms with van der Waals surface area (Å²) in [6.07, 6.45) is -3.19. The maximum absolute atomic E-state index is 12.9. The molecule has 0 bridgehead atoms. The molecule has 39 heavy (non-hydrogen) atoms. The summed E-state index contributed by atoms with van der Waals surface area (Å²) in [7, 11) is 0. The fourth-order valence-corrected chi connectivity index (χ4v) is 5.16. The van der Waals surface area contributed by atoms with Crippen LogP contribution >= 0.6 is 50.9 Å². The lowest BCUT2D eigenvalue weighted by molar-refractivity contribution is -0.137. The summed E-state index contributed by atoms with van der Waals surface area (Å²) in [5, 5.41) is 1.93. The van der Waals surface area contributed by atoms with Gasteiger partial charge in [0.15, 0.2) is 5.75 Å². The molecule has 4 rings (SSSR count). The van der Waals surface area contributed by atoms with Crippen molar-refractivity contribution in [2.24, 2.45) is 0 Å². The van der Waals surface area contributed by atoms with E-state index in [4.69, 9.17) is 27.9 Å². The summed E-state index contributed by atoms with van der Waals surface area (Å²) in [6.45, 7) is -0.462. The number of anilines is 1. The zero-order valence-corrected chi connectivity index (χ0v) is 23.4. The maximum atomic E-state index is 12.9. The van der Waals surface area contributed by atoms with Crippen molar-refractivity contribution in [3.8, 4) is 5.75 Å². The summed E-state index contributed by atoms with van der Waals surface area (Å²) in [5.41, 5.74) is 0.237. The van der Waals surface area contributed by atoms with Gasteiger partial charge in [0, 0.05) is 10.2 Å². The molecule has 3 aromatic carbocycles. The molecule has 1 heterocycles. The Morgan fingerprint density at radius 3 is 2.36 bits per heavy atom. The molecule has 3 aromatic rings. The summed E-state index contributed by atoms with van der Waals surface area (Å²) >= 11 is 16.7. The van der Waals surface area contributed by atoms with Gasteiger partial charge in [0.2, 0.25) is 5.91 Å². The highest BCUT2D eigenvalue weighted by atomic mass is 79.9. The number of hydrogen-bond donors (Lipinski definition) is 1. The van der Waals surface area contributed by atoms with Crippen LogP contribution in [0.5, 0.6) is 5.75 Å². The highest BCUT2D eigenvalue weighted by molar-refractivity contribution is 9.10. The Hall–Kier alpha value is -2.99. The van der Waals surface area contributed by atoms with E-state index >= 15 is 0 Å². The standard InChI is InChI=1S/C26H16BrCl2F3N2O4S/c27-17-6-4-14(5-7-17)13-38-23-19(28)8-15(9-20(23)29)10-21-24(36)34(25(37)39-21)12-22(35)33-18-3-1-2-16(11-18)26(30,31)32/h1-11H,12-13H2,(H,33,35)/b21-10-. The van der Waals surface area contributed by atoms with Gasteiger partial charge in [-0.15, -0.1) is 0 Å². The van der Waals surface area contributed by atoms with Crippen LogP contribution in [0.4, 0.5) is 23.7 Å². The first-order valence-corrected chi connectivity index (χ1v) is 13.4. The molecule has 0 unspecified atom stereocenters. The lowest BCUT2D eigenvalue weighted by Gasteiger charge is -2.13. The van der Waals surface area contributed by atoms with Crippen molar-refractivity contribution < 1.29 is 32.3 Å². The van der Waals surface area contributed by atoms with Crippen molar-refractivity contribution in [3.05, 3.63) is 96.8 Å². The number of nitrogens with one attached hydrogen (secondary N) is 1. The Labute approximate surface area is 243 Å². The van der Waals surface area contributed by atoms with Gasteiger partial charge in [-0.05, 0) is 71.4 Å². The minimum Gasteiger partial charge on any atom is -0.486 e. The van der Waals surface area contributed by atoms with E-state index in [1.165, 1.54) is 24.3 Å². The van der Waals surface area contributed by atoms with Crippen LogP contribution in [0.3, 0.4) is 0 Å². The van der Waals surface area contributed by atoms with E-state index in [2.05, 4.69) is 21.2 Å². The van der Waals surface area contributed by atoms with Gasteiger partial charge in [-0.25, -0.2) is 0 Å². The van der Waals surface area contributed by atoms with E-state index < -0.39 is 35.3 Å². The number of benzene rings is 3. The van der Waals surface area contributed by atoms with Crippen LogP contribution < -0.4 is 10.1 Å². The molecule has 6 nitrogen and oxygen atoms in total. The van der Waals surface area contributed by atoms with E-state index in [9.17, 15) is 27.6 Å². The van der Waals surface area contributed by atoms with Gasteiger partial charge in [0.05, 0.1) is 20.5 Å². The number of thioether (sulfide) groups is 1. The zero-order chi connectivity index (χ0) is 28.3. The van der Waals surface area contributed by atoms with Crippen LogP contribution in [0.1, 0.15) is 16.7 Å². The second-order valence-corrected chi connectivity index (χ2v) is 10.8. The van der Waals surface area contributed by atoms with E-state index in [0.29, 0.717) is 22.2 Å². The molecule has 0 aromatic heterocycles. The largest absolute Gasteiger partial charge is 0.486 e. The second-order valence-electron chi connectivity index (χ2n) is 8.12. The molecule has 3 amide bonds. The number of nitrogens with zero attached hydrogens (tertiary/aromatic N) is 1. The quantitative estimate of drug-likeness (QED) is 0.260. The summed E-state index contributed by atoms with van der Waals surface area (Å²) in [4.78, 5) is 38.3. The fourth-order valence-electron chi connectivity index (χ4n) is 3.44. The highest BCUT2D eigenvalue weighted by Crippen LogP contribution is 2.38. The molecule has 0 spiro atoms. The molecule has 0 atom stereocenters. The van der Waals surface area contributed by atoms with Crippen LogP contribution in [-0.4, -0.2) is 28.5 Å². The number of rotatable bonds is 7. The number of carbonyl (C=O) groups is 3. The Morgan fingerprint density at radius 2 is 1.72 bits per heavy atom. The molecule has 0 radical (unpaired) electrons. The lowest BCUT2D eigenvalue weighted by Crippen LogP contribution is -2.36. The summed E-state index contributed by atoms with van der Waals surface area (Å²) in [5.74, 6) is -1.33. The van der Waals surface area contributed by atoms with E-state index in [1.54, 1.807) is 0 Å². The monoisotopic (exact) mass is 658 g/mol. The summed E-state index contributed by atoms with van der Waals surface area (Å²) < 4.78 is 45.4. The molecule has 1 N–H and O–H groups in total. The Kier molecular flexibility index (Phi) is 8.95. The normalized spacial score (nSPS) is 14.7. The average Bonchev–Trinajstić information content (AvgIpc) is 3.11. The fraction of sp³-hybridized carbons (Fsp3) is 0.115. The van der Waals surface area contributed by atoms with Crippen molar-refractivity contribution >= 4 is 79.7 Å². The molecule has 13 heteroatoms. The molecule has 1 aliphatic rings. The summed E-state index contributed by atoms with van der Waals surface area (Å²) in [6, 6.07) is 14.5. The number of imide groups is 1. The third-order valence-corrected chi connectivity index (χ3v) is 7.26. The van der Waals surface area contributed by atoms with Crippen molar-refractivity contribution in [1.82, 2.24) is 4.90 Å². The Morgan fingerprint density at radius 1 is 1.05 bits per heavy atom. The maximum Gasteiger partial charge on any atom is 0.416 e. The van der Waals surface area contributed by atoms with E-state index in [0.717, 1.165) is 28.2 Å². The van der Waals surface area contributed by atoms with Gasteiger partial charge in [-0.3, -0.25) is 19.3 Å². The first-order valence-electron chi connectivity index (χ1n) is 11.0. The van der Waals surface area contributed by atoms with Gasteiger partial charge in [-0.1, -0.05) is 57.3 Å². The van der Waals surface area contributed by atoms with Gasteiger partial charge in [-0.2, -0.15) is 13.2 Å². The van der Waals surface area contributed by atoms with Gasteiger partial charge < -0.3 is 10.1 Å². The Balaban J connectivity index is 1.42. The van der Waals surface area contributed by atoms with Crippen LogP contribution in [0.25, 0.3) is 6.08 Å². The number of carbonyl (C=O) groups excluding carboxylic acids is 3. The average molecular weight is 660 g/mol. The van der Waals surface area contributed by atoms with Gasteiger partial charge >= 0.3 is 6.18 Å². The van der Waals surface area contributed by atoms with Crippen molar-refractivity contribution in [2.45, 2.75) is 12.8 Å². The van der Waals surface area contributed by atoms with Crippen molar-refractivity contribution in [1.29, 1.82) is 0 Å². The second kappa shape index (κ2) is 12.0. The number of alkyl halides is 3. The molecule has 1 fully saturated rings. The van der Waals surface area contributed by atoms with Crippen molar-refractivity contribution in [3.63, 3.8) is 0 Å². The highest BCUT2D eigenvalue weighted by Gasteiger charge is 2.36. The van der Waals surface area contributed by atoms with Crippen LogP contribution in [0.2, 0.25) is 10.0 Å². The van der Waals surface area contributed by atoms with Gasteiger partial charge in [0.1, 0.15) is 13.2 Å². The molecule has 1 aliphatic heterocycles. The first-order chi connectivity index (χ1) is 18.4. The number of halogens is 6. The van der Waals surface area contributed by atoms with Crippen LogP contribution in [0, 0.1) is 0 Å². The number of hydrogen-bond acceptors (Lipinski definition) is 5. The van der Waals surface area contributed by atoms with Gasteiger partial charge in [0.25, 0.3) is 11.1 Å². The van der Waals surface area contributed by atoms with Crippen molar-refractivity contribution in [2.75, 3.05) is 11.9 Å². The molecular formula is C26H16BrCl2F3N2O4S. The third kappa shape index (κ3) is 7.36. The smallest absolute Gasteiger partial charge is 0.416 e. The SMILES string of the molecule is O=C(CN1C(=O)S/C(=C\c2cc(Cl)c(OCc3ccc(Br)cc3)c(Cl)c2)C1=O)Nc1cccc(C(F)(F)F)c1. The van der Waals surface area contributed by atoms with E-state index in [1.807, 2.05) is 24.3 Å². The lowest BCUT2D eigenvalue weighted by atomic mass is 10.2. The van der Waals surface area contributed by atoms with Crippen LogP contribution in [0.15, 0.2) is 70.0 Å². The third-order valence-electron chi connectivity index (χ3n) is 5.26. The van der Waals surface area contributed by atoms with Crippen LogP contribution in [-0.2, 0) is 22.4 Å². The minimum absolute atomic E-state index is 0.0162. The first kappa shape index (κ1) is 29.0. The molecule has 0 aliphatic carbocycles.